The fourth-order valence-corrected chi connectivity index (χ4v) is 7.58. The monoisotopic (exact) mass is 863 g/mol. The number of amides is 4. The quantitative estimate of drug-likeness (QED) is 0.106. The minimum Gasteiger partial charge on any atom is -0.467 e. The zero-order chi connectivity index (χ0) is 44.9. The predicted molar refractivity (Wildman–Crippen MR) is 217 cm³/mol. The van der Waals surface area contributed by atoms with E-state index in [4.69, 9.17) is 28.4 Å². The molecule has 0 saturated carbocycles. The lowest BCUT2D eigenvalue weighted by molar-refractivity contribution is -0.211. The Bertz CT molecular complexity index is 1860. The number of carbonyl (C=O) groups excluding carboxylic acids is 8. The number of carbonyl (C=O) groups is 8. The molecular formula is C40H57N5O14S. The molecule has 1 aliphatic rings. The van der Waals surface area contributed by atoms with Crippen molar-refractivity contribution in [2.45, 2.75) is 129 Å². The molecule has 332 valence electrons. The molecule has 1 aromatic carbocycles. The average Bonchev–Trinajstić information content (AvgIpc) is 3.56. The second-order valence-corrected chi connectivity index (χ2v) is 16.4. The van der Waals surface area contributed by atoms with Gasteiger partial charge < -0.3 is 54.7 Å². The van der Waals surface area contributed by atoms with Gasteiger partial charge in [-0.15, -0.1) is 11.8 Å². The molecule has 2 heterocycles. The van der Waals surface area contributed by atoms with Crippen LogP contribution in [0.1, 0.15) is 74.3 Å². The number of aromatic nitrogens is 1. The number of nitrogens with one attached hydrogen (secondary N) is 5. The number of rotatable bonds is 18. The van der Waals surface area contributed by atoms with Gasteiger partial charge in [-0.25, -0.2) is 9.59 Å². The molecule has 0 radical (unpaired) electrons. The van der Waals surface area contributed by atoms with Crippen molar-refractivity contribution in [1.82, 2.24) is 26.3 Å². The number of hydrogen-bond donors (Lipinski definition) is 5. The van der Waals surface area contributed by atoms with Crippen LogP contribution in [0.4, 0.5) is 4.79 Å². The maximum Gasteiger partial charge on any atom is 0.408 e. The summed E-state index contributed by atoms with van der Waals surface area (Å²) in [6.07, 6.45) is -2.74. The van der Waals surface area contributed by atoms with E-state index in [0.717, 1.165) is 43.4 Å². The second-order valence-electron chi connectivity index (χ2n) is 15.3. The summed E-state index contributed by atoms with van der Waals surface area (Å²) < 4.78 is 33.0. The minimum atomic E-state index is -1.46. The number of ether oxygens (including phenoxy) is 6. The molecule has 0 unspecified atom stereocenters. The molecule has 19 nitrogen and oxygen atoms in total. The number of para-hydroxylation sites is 1. The molecule has 0 spiro atoms. The number of H-pyrrole nitrogens is 1. The van der Waals surface area contributed by atoms with Gasteiger partial charge in [-0.3, -0.25) is 28.8 Å². The maximum atomic E-state index is 14.4. The van der Waals surface area contributed by atoms with Crippen molar-refractivity contribution in [3.8, 4) is 0 Å². The van der Waals surface area contributed by atoms with E-state index in [0.29, 0.717) is 12.0 Å². The molecule has 2 aromatic rings. The number of benzene rings is 1. The molecule has 60 heavy (non-hydrogen) atoms. The number of fused-ring (bicyclic) bond motifs is 1. The van der Waals surface area contributed by atoms with Crippen LogP contribution in [-0.4, -0.2) is 126 Å². The highest BCUT2D eigenvalue weighted by molar-refractivity contribution is 7.99. The predicted octanol–water partition coefficient (Wildman–Crippen LogP) is 2.18. The van der Waals surface area contributed by atoms with Crippen LogP contribution >= 0.6 is 11.8 Å². The molecule has 20 heteroatoms. The summed E-state index contributed by atoms with van der Waals surface area (Å²) in [5, 5.41) is 11.5. The molecule has 9 atom stereocenters. The second kappa shape index (κ2) is 22.3. The highest BCUT2D eigenvalue weighted by atomic mass is 32.2. The zero-order valence-electron chi connectivity index (χ0n) is 35.5. The van der Waals surface area contributed by atoms with Crippen molar-refractivity contribution < 1.29 is 66.8 Å². The van der Waals surface area contributed by atoms with Crippen molar-refractivity contribution in [3.63, 3.8) is 0 Å². The summed E-state index contributed by atoms with van der Waals surface area (Å²) in [6, 6.07) is 2.25. The molecule has 1 saturated heterocycles. The van der Waals surface area contributed by atoms with Crippen molar-refractivity contribution in [3.05, 3.63) is 36.0 Å². The van der Waals surface area contributed by atoms with Gasteiger partial charge in [-0.05, 0) is 38.3 Å². The first-order chi connectivity index (χ1) is 28.1. The van der Waals surface area contributed by atoms with Gasteiger partial charge in [0.2, 0.25) is 17.7 Å². The summed E-state index contributed by atoms with van der Waals surface area (Å²) >= 11 is 0.894. The topological polar surface area (TPSA) is 256 Å². The summed E-state index contributed by atoms with van der Waals surface area (Å²) in [6.45, 7) is 12.6. The third-order valence-corrected chi connectivity index (χ3v) is 10.5. The van der Waals surface area contributed by atoms with E-state index in [1.807, 2.05) is 31.2 Å². The molecule has 0 aliphatic carbocycles. The van der Waals surface area contributed by atoms with Gasteiger partial charge >= 0.3 is 30.0 Å². The van der Waals surface area contributed by atoms with Gasteiger partial charge in [0.05, 0.1) is 7.11 Å². The Morgan fingerprint density at radius 1 is 0.867 bits per heavy atom. The summed E-state index contributed by atoms with van der Waals surface area (Å²) in [5.74, 6) is -5.92. The first-order valence-electron chi connectivity index (χ1n) is 19.4. The molecule has 1 aromatic heterocycles. The SMILES string of the molecule is CC[C@H](C)[C@H](NC(=O)[C@H](CS[C@H]1O[C@H](COC(C)=O)[C@H](OC(C)=O)[C@H](OC(C)=O)[C@H]1NC(C)=O)NC(=O)[C@H](Cc1c[nH]c2ccccc12)NC(=O)OC(C)(C)C)C(=O)OC. The Morgan fingerprint density at radius 3 is 2.08 bits per heavy atom. The fraction of sp³-hybridized carbons (Fsp3) is 0.600. The maximum absolute atomic E-state index is 14.4. The first-order valence-corrected chi connectivity index (χ1v) is 20.4. The fourth-order valence-electron chi connectivity index (χ4n) is 6.31. The van der Waals surface area contributed by atoms with Crippen molar-refractivity contribution >= 4 is 70.4 Å². The van der Waals surface area contributed by atoms with E-state index in [1.54, 1.807) is 33.9 Å². The molecule has 1 aliphatic heterocycles. The van der Waals surface area contributed by atoms with Gasteiger partial charge in [0.15, 0.2) is 12.2 Å². The highest BCUT2D eigenvalue weighted by Gasteiger charge is 2.51. The van der Waals surface area contributed by atoms with E-state index in [2.05, 4.69) is 26.3 Å². The van der Waals surface area contributed by atoms with Crippen LogP contribution in [0.25, 0.3) is 10.9 Å². The highest BCUT2D eigenvalue weighted by Crippen LogP contribution is 2.33. The summed E-state index contributed by atoms with van der Waals surface area (Å²) in [5.41, 5.74) is -0.662. The van der Waals surface area contributed by atoms with E-state index >= 15 is 0 Å². The van der Waals surface area contributed by atoms with Crippen LogP contribution in [0, 0.1) is 5.92 Å². The summed E-state index contributed by atoms with van der Waals surface area (Å²) in [7, 11) is 1.17. The normalized spacial score (nSPS) is 20.9. The minimum absolute atomic E-state index is 0.0377. The molecule has 1 fully saturated rings. The molecule has 4 amide bonds. The van der Waals surface area contributed by atoms with Gasteiger partial charge in [0.1, 0.15) is 47.9 Å². The van der Waals surface area contributed by atoms with Crippen LogP contribution in [0.15, 0.2) is 30.5 Å². The van der Waals surface area contributed by atoms with Gasteiger partial charge in [-0.2, -0.15) is 0 Å². The lowest BCUT2D eigenvalue weighted by Crippen LogP contribution is -2.65. The third-order valence-electron chi connectivity index (χ3n) is 9.20. The molecule has 5 N–H and O–H groups in total. The van der Waals surface area contributed by atoms with Crippen LogP contribution < -0.4 is 21.3 Å². The van der Waals surface area contributed by atoms with Crippen LogP contribution in [0.3, 0.4) is 0 Å². The number of thioether (sulfide) groups is 1. The lowest BCUT2D eigenvalue weighted by Gasteiger charge is -2.45. The molecule has 3 rings (SSSR count). The van der Waals surface area contributed by atoms with Crippen molar-refractivity contribution in [2.24, 2.45) is 5.92 Å². The number of hydrogen-bond acceptors (Lipinski definition) is 15. The van der Waals surface area contributed by atoms with Gasteiger partial charge in [0, 0.05) is 57.0 Å². The van der Waals surface area contributed by atoms with E-state index in [9.17, 15) is 38.4 Å². The van der Waals surface area contributed by atoms with Crippen LogP contribution in [-0.2, 0) is 68.4 Å². The zero-order valence-corrected chi connectivity index (χ0v) is 36.4. The van der Waals surface area contributed by atoms with Crippen LogP contribution in [0.2, 0.25) is 0 Å². The van der Waals surface area contributed by atoms with Crippen molar-refractivity contribution in [2.75, 3.05) is 19.5 Å². The van der Waals surface area contributed by atoms with E-state index in [1.165, 1.54) is 14.0 Å². The molecule has 0 bridgehead atoms. The van der Waals surface area contributed by atoms with E-state index < -0.39 is 114 Å². The number of aromatic amines is 1. The Morgan fingerprint density at radius 2 is 1.50 bits per heavy atom. The smallest absolute Gasteiger partial charge is 0.408 e. The Hall–Kier alpha value is -5.37. The Kier molecular flexibility index (Phi) is 18.2. The first kappa shape index (κ1) is 49.0. The third kappa shape index (κ3) is 14.7. The van der Waals surface area contributed by atoms with Crippen LogP contribution in [0.5, 0.6) is 0 Å². The largest absolute Gasteiger partial charge is 0.467 e. The Labute approximate surface area is 352 Å². The average molecular weight is 864 g/mol. The van der Waals surface area contributed by atoms with Gasteiger partial charge in [0.25, 0.3) is 0 Å². The van der Waals surface area contributed by atoms with E-state index in [-0.39, 0.29) is 12.2 Å². The number of methoxy groups -OCH3 is 1. The van der Waals surface area contributed by atoms with Crippen molar-refractivity contribution in [1.29, 1.82) is 0 Å². The Balaban J connectivity index is 2.08. The summed E-state index contributed by atoms with van der Waals surface area (Å²) in [4.78, 5) is 107. The number of esters is 4. The van der Waals surface area contributed by atoms with Gasteiger partial charge in [-0.1, -0.05) is 38.5 Å². The number of alkyl carbamates (subject to hydrolysis) is 1. The molecular weight excluding hydrogens is 807 g/mol. The standard InChI is InChI=1S/C40H57N5O14S/c1-11-20(2)31(37(52)54-10)45-36(51)29(43-35(50)28(44-39(53)59-40(7,8)9)16-25-17-41-27-15-13-12-14-26(25)27)19-60-38-32(42-21(3)46)34(57-24(6)49)33(56-23(5)48)30(58-38)18-55-22(4)47/h12-15,17,20,28-34,38,41H,11,16,18-19H2,1-10H3,(H,42,46)(H,43,50)(H,44,53)(H,45,51)/t20-,28-,29-,30+,31-,32+,33-,34+,38+/m0/s1. The lowest BCUT2D eigenvalue weighted by atomic mass is 9.97.